The van der Waals surface area contributed by atoms with Crippen molar-refractivity contribution >= 4 is 28.5 Å². The van der Waals surface area contributed by atoms with Crippen molar-refractivity contribution in [1.29, 1.82) is 0 Å². The van der Waals surface area contributed by atoms with Crippen LogP contribution in [0.5, 0.6) is 5.75 Å². The third kappa shape index (κ3) is 3.77. The Morgan fingerprint density at radius 3 is 2.56 bits per heavy atom. The molecule has 172 valence electrons. The maximum atomic E-state index is 13.7. The Morgan fingerprint density at radius 2 is 2.00 bits per heavy atom. The average Bonchev–Trinajstić information content (AvgIpc) is 3.38. The second kappa shape index (κ2) is 7.81. The lowest BCUT2D eigenvalue weighted by molar-refractivity contribution is -0.274. The van der Waals surface area contributed by atoms with Crippen molar-refractivity contribution < 1.29 is 35.8 Å². The summed E-state index contributed by atoms with van der Waals surface area (Å²) in [4.78, 5) is 10.3. The summed E-state index contributed by atoms with van der Waals surface area (Å²) < 4.78 is 82.1. The van der Waals surface area contributed by atoms with Crippen LogP contribution in [0.2, 0.25) is 0 Å². The molecule has 0 saturated carbocycles. The molecule has 3 atom stereocenters. The predicted molar refractivity (Wildman–Crippen MR) is 105 cm³/mol. The molecule has 5 heterocycles. The molecule has 1 aromatic carbocycles. The summed E-state index contributed by atoms with van der Waals surface area (Å²) in [7, 11) is 0.989. The van der Waals surface area contributed by atoms with Crippen LogP contribution >= 0.6 is 11.3 Å². The number of thiazole rings is 1. The summed E-state index contributed by atoms with van der Waals surface area (Å²) in [5.74, 6) is -0.866. The van der Waals surface area contributed by atoms with Crippen molar-refractivity contribution in [3.8, 4) is 16.3 Å². The molecule has 13 heteroatoms. The number of piperazine rings is 1. The highest BCUT2D eigenvalue weighted by Crippen LogP contribution is 2.46. The molecule has 3 aliphatic rings. The van der Waals surface area contributed by atoms with Crippen LogP contribution in [0.25, 0.3) is 21.7 Å². The first-order valence-electron chi connectivity index (χ1n) is 9.68. The maximum absolute atomic E-state index is 13.7. The van der Waals surface area contributed by atoms with Crippen molar-refractivity contribution in [1.82, 2.24) is 15.3 Å². The molecule has 7 nitrogen and oxygen atoms in total. The van der Waals surface area contributed by atoms with Crippen LogP contribution in [-0.4, -0.2) is 55.0 Å². The first-order valence-corrected chi connectivity index (χ1v) is 10.6. The van der Waals surface area contributed by atoms with E-state index in [1.165, 1.54) is 17.5 Å². The number of oxazole rings is 1. The zero-order chi connectivity index (χ0) is 22.6. The van der Waals surface area contributed by atoms with E-state index in [0.717, 1.165) is 19.6 Å². The molecule has 6 rings (SSSR count). The highest BCUT2D eigenvalue weighted by molar-refractivity contribution is 7.13. The molecular formula is C19H17F5N4O3S. The van der Waals surface area contributed by atoms with Gasteiger partial charge < -0.3 is 24.1 Å². The maximum Gasteiger partial charge on any atom is 0.573 e. The second-order valence-corrected chi connectivity index (χ2v) is 8.49. The Kier molecular flexibility index (Phi) is 5.21. The Labute approximate surface area is 182 Å². The first kappa shape index (κ1) is 21.3. The molecule has 2 aromatic heterocycles. The Bertz CT molecular complexity index is 1100. The van der Waals surface area contributed by atoms with Crippen molar-refractivity contribution in [2.45, 2.75) is 37.4 Å². The van der Waals surface area contributed by atoms with Crippen LogP contribution in [0.3, 0.4) is 0 Å². The number of piperidine rings is 1. The van der Waals surface area contributed by atoms with Gasteiger partial charge in [0.15, 0.2) is 16.8 Å². The fraction of sp³-hybridized carbons (Fsp3) is 0.474. The van der Waals surface area contributed by atoms with Crippen LogP contribution < -0.4 is 15.0 Å². The minimum Gasteiger partial charge on any atom is -0.422 e. The third-order valence-electron chi connectivity index (χ3n) is 5.50. The number of nitrogens with one attached hydrogen (secondary N) is 1. The number of hydrogen-bond acceptors (Lipinski definition) is 8. The summed E-state index contributed by atoms with van der Waals surface area (Å²) in [5.41, 5.74) is -0.578. The van der Waals surface area contributed by atoms with Crippen LogP contribution in [-0.2, 0) is 4.74 Å². The van der Waals surface area contributed by atoms with Crippen LogP contribution in [0.1, 0.15) is 18.1 Å². The van der Waals surface area contributed by atoms with Gasteiger partial charge in [-0.05, 0) is 12.5 Å². The van der Waals surface area contributed by atoms with Gasteiger partial charge in [0.25, 0.3) is 12.4 Å². The number of alkyl halides is 5. The minimum atomic E-state index is -5.14. The molecule has 0 aliphatic carbocycles. The molecular weight excluding hydrogens is 459 g/mol. The van der Waals surface area contributed by atoms with Gasteiger partial charge in [0.1, 0.15) is 11.1 Å². The van der Waals surface area contributed by atoms with Crippen molar-refractivity contribution in [2.75, 3.05) is 25.1 Å². The van der Waals surface area contributed by atoms with Crippen molar-refractivity contribution in [2.24, 2.45) is 0 Å². The molecule has 3 aromatic rings. The molecule has 3 aliphatic heterocycles. The minimum absolute atomic E-state index is 0.0192. The highest BCUT2D eigenvalue weighted by atomic mass is 32.1. The number of halogens is 5. The van der Waals surface area contributed by atoms with Gasteiger partial charge in [0.2, 0.25) is 0 Å². The van der Waals surface area contributed by atoms with Crippen LogP contribution in [0.4, 0.5) is 28.0 Å². The lowest BCUT2D eigenvalue weighted by atomic mass is 9.92. The quantitative estimate of drug-likeness (QED) is 0.531. The number of methoxy groups -OCH3 is 1. The third-order valence-corrected chi connectivity index (χ3v) is 6.31. The van der Waals surface area contributed by atoms with E-state index in [9.17, 15) is 22.0 Å². The Hall–Kier alpha value is -2.51. The van der Waals surface area contributed by atoms with E-state index >= 15 is 0 Å². The molecule has 3 unspecified atom stereocenters. The molecule has 0 spiro atoms. The van der Waals surface area contributed by atoms with Crippen LogP contribution in [0, 0.1) is 0 Å². The van der Waals surface area contributed by atoms with Gasteiger partial charge in [-0.3, -0.25) is 0 Å². The monoisotopic (exact) mass is 476 g/mol. The summed E-state index contributed by atoms with van der Waals surface area (Å²) in [6, 6.07) is 1.72. The number of nitrogens with zero attached hydrogens (tertiary/aromatic N) is 3. The number of fused-ring (bicyclic) bond motifs is 3. The molecule has 2 bridgehead atoms. The normalized spacial score (nSPS) is 21.8. The van der Waals surface area contributed by atoms with E-state index in [-0.39, 0.29) is 34.8 Å². The average molecular weight is 476 g/mol. The number of benzene rings is 1. The van der Waals surface area contributed by atoms with Gasteiger partial charge in [-0.1, -0.05) is 0 Å². The summed E-state index contributed by atoms with van der Waals surface area (Å²) in [6.45, 7) is 1.13. The lowest BCUT2D eigenvalue weighted by Gasteiger charge is -2.47. The second-order valence-electron chi connectivity index (χ2n) is 7.59. The fourth-order valence-corrected chi connectivity index (χ4v) is 4.84. The van der Waals surface area contributed by atoms with E-state index < -0.39 is 30.2 Å². The van der Waals surface area contributed by atoms with E-state index in [1.54, 1.807) is 5.38 Å². The standard InChI is InChI=1S/C19H17F5N4O3S/c1-29-15(16(20)21)10-5-11(17-25-2-3-32-17)13-12(14(10)31-19(22,23)24)27-18(30-13)28-6-8-4-9(7-28)26-8/h2-3,5,8-9,15-16,26H,4,6-7H2,1H3. The number of aromatic nitrogens is 2. The summed E-state index contributed by atoms with van der Waals surface area (Å²) in [6.07, 6.45) is -7.72. The number of rotatable bonds is 6. The van der Waals surface area contributed by atoms with E-state index in [4.69, 9.17) is 9.15 Å². The van der Waals surface area contributed by atoms with Gasteiger partial charge >= 0.3 is 6.36 Å². The molecule has 0 amide bonds. The van der Waals surface area contributed by atoms with Gasteiger partial charge in [-0.25, -0.2) is 13.8 Å². The largest absolute Gasteiger partial charge is 0.573 e. The number of ether oxygens (including phenoxy) is 2. The molecule has 32 heavy (non-hydrogen) atoms. The van der Waals surface area contributed by atoms with Gasteiger partial charge in [-0.15, -0.1) is 24.5 Å². The Balaban J connectivity index is 1.73. The van der Waals surface area contributed by atoms with Crippen LogP contribution in [0.15, 0.2) is 22.1 Å². The highest BCUT2D eigenvalue weighted by Gasteiger charge is 2.41. The predicted octanol–water partition coefficient (Wildman–Crippen LogP) is 4.35. The number of anilines is 1. The van der Waals surface area contributed by atoms with Gasteiger partial charge in [0.05, 0.1) is 5.56 Å². The van der Waals surface area contributed by atoms with Crippen molar-refractivity contribution in [3.63, 3.8) is 0 Å². The topological polar surface area (TPSA) is 72.7 Å². The summed E-state index contributed by atoms with van der Waals surface area (Å²) >= 11 is 1.18. The first-order chi connectivity index (χ1) is 15.2. The summed E-state index contributed by atoms with van der Waals surface area (Å²) in [5, 5.41) is 5.38. The van der Waals surface area contributed by atoms with Crippen molar-refractivity contribution in [3.05, 3.63) is 23.2 Å². The van der Waals surface area contributed by atoms with E-state index in [0.29, 0.717) is 18.1 Å². The van der Waals surface area contributed by atoms with E-state index in [1.807, 2.05) is 4.90 Å². The molecule has 3 saturated heterocycles. The smallest absolute Gasteiger partial charge is 0.422 e. The lowest BCUT2D eigenvalue weighted by Crippen LogP contribution is -2.67. The molecule has 1 N–H and O–H groups in total. The molecule has 0 radical (unpaired) electrons. The molecule has 3 fully saturated rings. The fourth-order valence-electron chi connectivity index (χ4n) is 4.19. The number of hydrogen-bond donors (Lipinski definition) is 1. The Morgan fingerprint density at radius 1 is 1.28 bits per heavy atom. The SMILES string of the molecule is COC(c1cc(-c2nccs2)c2oc(N3CC4CC(C3)N4)nc2c1OC(F)(F)F)C(F)F. The van der Waals surface area contributed by atoms with Gasteiger partial charge in [0, 0.05) is 49.4 Å². The zero-order valence-electron chi connectivity index (χ0n) is 16.5. The zero-order valence-corrected chi connectivity index (χ0v) is 17.3. The van der Waals surface area contributed by atoms with Gasteiger partial charge in [-0.2, -0.15) is 4.98 Å². The van der Waals surface area contributed by atoms with E-state index in [2.05, 4.69) is 20.0 Å².